The van der Waals surface area contributed by atoms with Gasteiger partial charge in [-0.1, -0.05) is 25.1 Å². The number of rotatable bonds is 7. The number of nitrogens with one attached hydrogen (secondary N) is 1. The van der Waals surface area contributed by atoms with Crippen molar-refractivity contribution in [3.63, 3.8) is 0 Å². The Hall–Kier alpha value is -3.55. The molecule has 2 amide bonds. The molecular weight excluding hydrogens is 400 g/mol. The van der Waals surface area contributed by atoms with Crippen molar-refractivity contribution in [2.75, 3.05) is 24.8 Å². The van der Waals surface area contributed by atoms with Crippen LogP contribution in [0, 0.1) is 5.92 Å². The molecule has 1 fully saturated rings. The molecule has 0 aliphatic carbocycles. The highest BCUT2D eigenvalue weighted by Gasteiger charge is 2.36. The van der Waals surface area contributed by atoms with Crippen LogP contribution in [0.15, 0.2) is 42.5 Å². The molecular formula is C23H24N2O6. The third-order valence-electron chi connectivity index (χ3n) is 5.39. The summed E-state index contributed by atoms with van der Waals surface area (Å²) in [7, 11) is 0. The summed E-state index contributed by atoms with van der Waals surface area (Å²) in [5.74, 6) is -0.358. The largest absolute Gasteiger partial charge is 0.455 e. The van der Waals surface area contributed by atoms with Crippen molar-refractivity contribution in [2.24, 2.45) is 5.92 Å². The SMILES string of the molecule is CCc1ccc(N2C[C@@H](C(=O)OCC(=O)NCc3ccc4c(c3)OCO4)CC2=O)cc1. The van der Waals surface area contributed by atoms with Crippen molar-refractivity contribution >= 4 is 23.5 Å². The molecule has 0 spiro atoms. The van der Waals surface area contributed by atoms with Crippen LogP contribution in [0.4, 0.5) is 5.69 Å². The number of hydrogen-bond donors (Lipinski definition) is 1. The maximum atomic E-state index is 12.4. The summed E-state index contributed by atoms with van der Waals surface area (Å²) in [5.41, 5.74) is 2.78. The van der Waals surface area contributed by atoms with Crippen LogP contribution in [-0.4, -0.2) is 37.7 Å². The molecule has 2 aromatic rings. The van der Waals surface area contributed by atoms with Gasteiger partial charge in [-0.15, -0.1) is 0 Å². The van der Waals surface area contributed by atoms with Gasteiger partial charge in [-0.2, -0.15) is 0 Å². The lowest BCUT2D eigenvalue weighted by atomic mass is 10.1. The Labute approximate surface area is 180 Å². The molecule has 31 heavy (non-hydrogen) atoms. The summed E-state index contributed by atoms with van der Waals surface area (Å²) < 4.78 is 15.7. The van der Waals surface area contributed by atoms with Crippen LogP contribution in [0.5, 0.6) is 11.5 Å². The van der Waals surface area contributed by atoms with Gasteiger partial charge in [0.05, 0.1) is 5.92 Å². The lowest BCUT2D eigenvalue weighted by Crippen LogP contribution is -2.31. The van der Waals surface area contributed by atoms with Gasteiger partial charge in [-0.05, 0) is 41.8 Å². The second-order valence-electron chi connectivity index (χ2n) is 7.50. The van der Waals surface area contributed by atoms with E-state index in [2.05, 4.69) is 12.2 Å². The lowest BCUT2D eigenvalue weighted by Gasteiger charge is -2.17. The van der Waals surface area contributed by atoms with Crippen molar-refractivity contribution < 1.29 is 28.6 Å². The van der Waals surface area contributed by atoms with Crippen LogP contribution in [0.3, 0.4) is 0 Å². The first-order valence-corrected chi connectivity index (χ1v) is 10.2. The minimum Gasteiger partial charge on any atom is -0.455 e. The molecule has 8 heteroatoms. The summed E-state index contributed by atoms with van der Waals surface area (Å²) in [6.07, 6.45) is 0.993. The standard InChI is InChI=1S/C23H24N2O6/c1-2-15-3-6-18(7-4-15)25-12-17(10-22(25)27)23(28)29-13-21(26)24-11-16-5-8-19-20(9-16)31-14-30-19/h3-9,17H,2,10-14H2,1H3,(H,24,26)/t17-/m0/s1. The van der Waals surface area contributed by atoms with Gasteiger partial charge in [0, 0.05) is 25.2 Å². The molecule has 0 radical (unpaired) electrons. The molecule has 2 heterocycles. The first-order valence-electron chi connectivity index (χ1n) is 10.2. The number of nitrogens with zero attached hydrogens (tertiary/aromatic N) is 1. The summed E-state index contributed by atoms with van der Waals surface area (Å²) in [6, 6.07) is 13.1. The van der Waals surface area contributed by atoms with E-state index in [9.17, 15) is 14.4 Å². The molecule has 2 aromatic carbocycles. The zero-order chi connectivity index (χ0) is 21.8. The summed E-state index contributed by atoms with van der Waals surface area (Å²) in [4.78, 5) is 38.4. The molecule has 1 saturated heterocycles. The molecule has 0 saturated carbocycles. The molecule has 0 aromatic heterocycles. The number of carbonyl (C=O) groups excluding carboxylic acids is 3. The molecule has 2 aliphatic heterocycles. The highest BCUT2D eigenvalue weighted by Crippen LogP contribution is 2.32. The number of esters is 1. The normalized spacial score (nSPS) is 17.0. The van der Waals surface area contributed by atoms with Gasteiger partial charge in [0.25, 0.3) is 5.91 Å². The summed E-state index contributed by atoms with van der Waals surface area (Å²) in [5, 5.41) is 2.70. The monoisotopic (exact) mass is 424 g/mol. The number of hydrogen-bond acceptors (Lipinski definition) is 6. The molecule has 0 bridgehead atoms. The Bertz CT molecular complexity index is 988. The predicted octanol–water partition coefficient (Wildman–Crippen LogP) is 2.19. The quantitative estimate of drug-likeness (QED) is 0.685. The molecule has 162 valence electrons. The van der Waals surface area contributed by atoms with Gasteiger partial charge in [0.2, 0.25) is 12.7 Å². The van der Waals surface area contributed by atoms with E-state index < -0.39 is 17.8 Å². The van der Waals surface area contributed by atoms with Gasteiger partial charge in [-0.25, -0.2) is 0 Å². The van der Waals surface area contributed by atoms with E-state index >= 15 is 0 Å². The molecule has 4 rings (SSSR count). The third kappa shape index (κ3) is 4.79. The molecule has 1 atom stereocenters. The third-order valence-corrected chi connectivity index (χ3v) is 5.39. The minimum atomic E-state index is -0.583. The van der Waals surface area contributed by atoms with Crippen molar-refractivity contribution in [3.8, 4) is 11.5 Å². The fraction of sp³-hybridized carbons (Fsp3) is 0.348. The lowest BCUT2D eigenvalue weighted by molar-refractivity contribution is -0.152. The second-order valence-corrected chi connectivity index (χ2v) is 7.50. The number of amides is 2. The Morgan fingerprint density at radius 2 is 1.84 bits per heavy atom. The van der Waals surface area contributed by atoms with E-state index in [1.165, 1.54) is 5.56 Å². The Balaban J connectivity index is 1.23. The van der Waals surface area contributed by atoms with Crippen molar-refractivity contribution in [1.82, 2.24) is 5.32 Å². The van der Waals surface area contributed by atoms with Crippen LogP contribution in [-0.2, 0) is 32.1 Å². The summed E-state index contributed by atoms with van der Waals surface area (Å²) in [6.45, 7) is 2.39. The number of aryl methyl sites for hydroxylation is 1. The molecule has 1 N–H and O–H groups in total. The van der Waals surface area contributed by atoms with Crippen molar-refractivity contribution in [2.45, 2.75) is 26.3 Å². The predicted molar refractivity (Wildman–Crippen MR) is 112 cm³/mol. The maximum absolute atomic E-state index is 12.4. The van der Waals surface area contributed by atoms with Gasteiger partial charge < -0.3 is 24.4 Å². The van der Waals surface area contributed by atoms with Crippen LogP contribution < -0.4 is 19.7 Å². The van der Waals surface area contributed by atoms with Crippen molar-refractivity contribution in [1.29, 1.82) is 0 Å². The number of anilines is 1. The first-order chi connectivity index (χ1) is 15.0. The van der Waals surface area contributed by atoms with Gasteiger partial charge in [-0.3, -0.25) is 14.4 Å². The number of benzene rings is 2. The van der Waals surface area contributed by atoms with Crippen LogP contribution in [0.2, 0.25) is 0 Å². The number of fused-ring (bicyclic) bond motifs is 1. The van der Waals surface area contributed by atoms with Crippen LogP contribution in [0.25, 0.3) is 0 Å². The number of ether oxygens (including phenoxy) is 3. The molecule has 2 aliphatic rings. The van der Waals surface area contributed by atoms with Gasteiger partial charge in [0.15, 0.2) is 18.1 Å². The maximum Gasteiger partial charge on any atom is 0.311 e. The Morgan fingerprint density at radius 1 is 1.10 bits per heavy atom. The number of carbonyl (C=O) groups is 3. The average molecular weight is 424 g/mol. The van der Waals surface area contributed by atoms with E-state index in [1.54, 1.807) is 17.0 Å². The highest BCUT2D eigenvalue weighted by molar-refractivity contribution is 5.99. The van der Waals surface area contributed by atoms with E-state index in [4.69, 9.17) is 14.2 Å². The summed E-state index contributed by atoms with van der Waals surface area (Å²) >= 11 is 0. The minimum absolute atomic E-state index is 0.0766. The smallest absolute Gasteiger partial charge is 0.311 e. The van der Waals surface area contributed by atoms with E-state index in [0.29, 0.717) is 11.5 Å². The zero-order valence-corrected chi connectivity index (χ0v) is 17.3. The second kappa shape index (κ2) is 9.07. The fourth-order valence-electron chi connectivity index (χ4n) is 3.58. The molecule has 0 unspecified atom stereocenters. The van der Waals surface area contributed by atoms with Gasteiger partial charge in [0.1, 0.15) is 0 Å². The zero-order valence-electron chi connectivity index (χ0n) is 17.3. The molecule has 8 nitrogen and oxygen atoms in total. The Kier molecular flexibility index (Phi) is 6.06. The highest BCUT2D eigenvalue weighted by atomic mass is 16.7. The fourth-order valence-corrected chi connectivity index (χ4v) is 3.58. The van der Waals surface area contributed by atoms with Crippen LogP contribution in [0.1, 0.15) is 24.5 Å². The average Bonchev–Trinajstić information content (AvgIpc) is 3.42. The van der Waals surface area contributed by atoms with Crippen molar-refractivity contribution in [3.05, 3.63) is 53.6 Å². The van der Waals surface area contributed by atoms with Gasteiger partial charge >= 0.3 is 5.97 Å². The van der Waals surface area contributed by atoms with Crippen LogP contribution >= 0.6 is 0 Å². The Morgan fingerprint density at radius 3 is 2.61 bits per heavy atom. The van der Waals surface area contributed by atoms with E-state index in [0.717, 1.165) is 17.7 Å². The van der Waals surface area contributed by atoms with E-state index in [1.807, 2.05) is 30.3 Å². The first kappa shape index (κ1) is 20.7. The topological polar surface area (TPSA) is 94.2 Å². The van der Waals surface area contributed by atoms with E-state index in [-0.39, 0.29) is 38.8 Å².